The lowest BCUT2D eigenvalue weighted by molar-refractivity contribution is 0.162. The zero-order valence-electron chi connectivity index (χ0n) is 16.2. The van der Waals surface area contributed by atoms with Gasteiger partial charge in [0.05, 0.1) is 6.42 Å². The summed E-state index contributed by atoms with van der Waals surface area (Å²) < 4.78 is 0. The third-order valence-electron chi connectivity index (χ3n) is 5.89. The number of rotatable bonds is 7. The second-order valence-electron chi connectivity index (χ2n) is 8.06. The lowest BCUT2D eigenvalue weighted by Gasteiger charge is -2.36. The second-order valence-corrected chi connectivity index (χ2v) is 8.06. The highest BCUT2D eigenvalue weighted by atomic mass is 15.3. The van der Waals surface area contributed by atoms with Crippen LogP contribution in [0.4, 0.5) is 5.82 Å². The summed E-state index contributed by atoms with van der Waals surface area (Å²) in [4.78, 5) is 11.6. The fourth-order valence-corrected chi connectivity index (χ4v) is 3.99. The number of hydrogen-bond donors (Lipinski definition) is 3. The van der Waals surface area contributed by atoms with Crippen LogP contribution >= 0.6 is 0 Å². The van der Waals surface area contributed by atoms with Gasteiger partial charge in [0.1, 0.15) is 11.7 Å². The van der Waals surface area contributed by atoms with Crippen LogP contribution in [0, 0.1) is 5.41 Å². The topological polar surface area (TPSA) is 101 Å². The van der Waals surface area contributed by atoms with Crippen LogP contribution in [0.25, 0.3) is 0 Å². The van der Waals surface area contributed by atoms with Crippen molar-refractivity contribution in [3.63, 3.8) is 0 Å². The Morgan fingerprint density at radius 3 is 2.44 bits per heavy atom. The SMILES string of the molecule is N=C(CC(N)=Nc1cc(C2CC2)[nH]n1)N1CCN(CCN2CCCC2)CC1. The summed E-state index contributed by atoms with van der Waals surface area (Å²) in [7, 11) is 0. The van der Waals surface area contributed by atoms with Gasteiger partial charge in [-0.05, 0) is 38.8 Å². The third-order valence-corrected chi connectivity index (χ3v) is 5.89. The van der Waals surface area contributed by atoms with Gasteiger partial charge in [-0.3, -0.25) is 15.4 Å². The lowest BCUT2D eigenvalue weighted by Crippen LogP contribution is -2.50. The lowest BCUT2D eigenvalue weighted by atomic mass is 10.2. The molecule has 2 aliphatic heterocycles. The Hall–Kier alpha value is -1.93. The van der Waals surface area contributed by atoms with Crippen LogP contribution < -0.4 is 5.73 Å². The molecular formula is C19H32N8. The molecule has 1 saturated carbocycles. The number of hydrogen-bond acceptors (Lipinski definition) is 5. The molecule has 3 aliphatic rings. The van der Waals surface area contributed by atoms with E-state index in [0.29, 0.717) is 29.8 Å². The Balaban J connectivity index is 1.19. The minimum absolute atomic E-state index is 0.388. The smallest absolute Gasteiger partial charge is 0.175 e. The largest absolute Gasteiger partial charge is 0.387 e. The molecule has 0 radical (unpaired) electrons. The van der Waals surface area contributed by atoms with E-state index in [9.17, 15) is 0 Å². The van der Waals surface area contributed by atoms with E-state index in [1.165, 1.54) is 45.3 Å². The van der Waals surface area contributed by atoms with E-state index >= 15 is 0 Å². The summed E-state index contributed by atoms with van der Waals surface area (Å²) in [6.45, 7) is 8.72. The first-order valence-electron chi connectivity index (χ1n) is 10.3. The average Bonchev–Trinajstić information content (AvgIpc) is 3.19. The molecule has 0 aromatic carbocycles. The van der Waals surface area contributed by atoms with Crippen molar-refractivity contribution in [1.29, 1.82) is 5.41 Å². The number of H-pyrrole nitrogens is 1. The summed E-state index contributed by atoms with van der Waals surface area (Å²) in [5.74, 6) is 2.29. The number of nitrogens with zero attached hydrogens (tertiary/aromatic N) is 5. The maximum Gasteiger partial charge on any atom is 0.175 e. The molecule has 148 valence electrons. The van der Waals surface area contributed by atoms with Gasteiger partial charge in [-0.15, -0.1) is 0 Å². The molecule has 1 aromatic heterocycles. The van der Waals surface area contributed by atoms with Crippen LogP contribution in [0.5, 0.6) is 0 Å². The molecule has 0 atom stereocenters. The average molecular weight is 373 g/mol. The molecule has 2 saturated heterocycles. The van der Waals surface area contributed by atoms with Gasteiger partial charge in [0.15, 0.2) is 5.82 Å². The molecule has 0 amide bonds. The number of likely N-dealkylation sites (tertiary alicyclic amines) is 1. The van der Waals surface area contributed by atoms with Gasteiger partial charge in [0.2, 0.25) is 0 Å². The molecule has 0 bridgehead atoms. The minimum atomic E-state index is 0.388. The van der Waals surface area contributed by atoms with Crippen LogP contribution in [0.2, 0.25) is 0 Å². The summed E-state index contributed by atoms with van der Waals surface area (Å²) in [6, 6.07) is 1.98. The monoisotopic (exact) mass is 372 g/mol. The number of piperazine rings is 1. The Bertz CT molecular complexity index is 663. The molecule has 0 spiro atoms. The Morgan fingerprint density at radius 2 is 1.78 bits per heavy atom. The molecule has 3 fully saturated rings. The van der Waals surface area contributed by atoms with Crippen molar-refractivity contribution in [2.24, 2.45) is 10.7 Å². The summed E-state index contributed by atoms with van der Waals surface area (Å²) in [5.41, 5.74) is 7.23. The van der Waals surface area contributed by atoms with Crippen LogP contribution in [-0.4, -0.2) is 88.9 Å². The minimum Gasteiger partial charge on any atom is -0.387 e. The van der Waals surface area contributed by atoms with Crippen LogP contribution in [-0.2, 0) is 0 Å². The molecule has 8 nitrogen and oxygen atoms in total. The van der Waals surface area contributed by atoms with E-state index in [0.717, 1.165) is 38.4 Å². The zero-order valence-corrected chi connectivity index (χ0v) is 16.2. The van der Waals surface area contributed by atoms with E-state index < -0.39 is 0 Å². The van der Waals surface area contributed by atoms with Crippen molar-refractivity contribution in [2.45, 2.75) is 38.0 Å². The highest BCUT2D eigenvalue weighted by Gasteiger charge is 2.25. The van der Waals surface area contributed by atoms with Gasteiger partial charge < -0.3 is 15.5 Å². The predicted molar refractivity (Wildman–Crippen MR) is 108 cm³/mol. The van der Waals surface area contributed by atoms with E-state index in [2.05, 4.69) is 29.9 Å². The number of aromatic amines is 1. The van der Waals surface area contributed by atoms with Crippen molar-refractivity contribution in [1.82, 2.24) is 24.9 Å². The molecule has 8 heteroatoms. The quantitative estimate of drug-likeness (QED) is 0.496. The van der Waals surface area contributed by atoms with Crippen molar-refractivity contribution >= 4 is 17.5 Å². The van der Waals surface area contributed by atoms with E-state index in [1.54, 1.807) is 0 Å². The maximum atomic E-state index is 8.38. The van der Waals surface area contributed by atoms with E-state index in [4.69, 9.17) is 11.1 Å². The standard InChI is InChI=1S/C19H32N8/c20-17(22-19-13-16(23-24-19)15-3-4-15)14-18(21)27-11-9-26(10-12-27)8-7-25-5-1-2-6-25/h13,15,21H,1-12,14H2,(H3,20,22,23,24). The Labute approximate surface area is 161 Å². The molecular weight excluding hydrogens is 340 g/mol. The Kier molecular flexibility index (Phi) is 5.73. The van der Waals surface area contributed by atoms with Gasteiger partial charge in [0.25, 0.3) is 0 Å². The molecule has 1 aromatic rings. The van der Waals surface area contributed by atoms with Gasteiger partial charge in [-0.1, -0.05) is 0 Å². The molecule has 1 aliphatic carbocycles. The van der Waals surface area contributed by atoms with E-state index in [1.807, 2.05) is 6.07 Å². The van der Waals surface area contributed by atoms with Crippen molar-refractivity contribution in [2.75, 3.05) is 52.4 Å². The van der Waals surface area contributed by atoms with Crippen LogP contribution in [0.3, 0.4) is 0 Å². The van der Waals surface area contributed by atoms with Crippen LogP contribution in [0.15, 0.2) is 11.1 Å². The summed E-state index contributed by atoms with van der Waals surface area (Å²) >= 11 is 0. The zero-order chi connectivity index (χ0) is 18.6. The molecule has 4 N–H and O–H groups in total. The first-order chi connectivity index (χ1) is 13.2. The first kappa shape index (κ1) is 18.4. The fourth-order valence-electron chi connectivity index (χ4n) is 3.99. The van der Waals surface area contributed by atoms with Crippen LogP contribution in [0.1, 0.15) is 43.7 Å². The fraction of sp³-hybridized carbons (Fsp3) is 0.737. The van der Waals surface area contributed by atoms with Crippen molar-refractivity contribution < 1.29 is 0 Å². The van der Waals surface area contributed by atoms with Gasteiger partial charge in [-0.2, -0.15) is 5.10 Å². The number of nitrogens with two attached hydrogens (primary N) is 1. The molecule has 3 heterocycles. The van der Waals surface area contributed by atoms with Gasteiger partial charge in [0, 0.05) is 56.9 Å². The maximum absolute atomic E-state index is 8.38. The summed E-state index contributed by atoms with van der Waals surface area (Å²) in [5, 5.41) is 15.6. The Morgan fingerprint density at radius 1 is 1.11 bits per heavy atom. The van der Waals surface area contributed by atoms with Crippen molar-refractivity contribution in [3.05, 3.63) is 11.8 Å². The highest BCUT2D eigenvalue weighted by molar-refractivity contribution is 6.01. The number of nitrogens with one attached hydrogen (secondary N) is 2. The first-order valence-corrected chi connectivity index (χ1v) is 10.3. The normalized spacial score (nSPS) is 22.5. The van der Waals surface area contributed by atoms with Gasteiger partial charge >= 0.3 is 0 Å². The second kappa shape index (κ2) is 8.39. The number of amidine groups is 2. The third kappa shape index (κ3) is 5.07. The highest BCUT2D eigenvalue weighted by Crippen LogP contribution is 2.39. The summed E-state index contributed by atoms with van der Waals surface area (Å²) in [6.07, 6.45) is 5.56. The molecule has 0 unspecified atom stereocenters. The van der Waals surface area contributed by atoms with E-state index in [-0.39, 0.29) is 0 Å². The number of aromatic nitrogens is 2. The number of aliphatic imine (C=N–C) groups is 1. The predicted octanol–water partition coefficient (Wildman–Crippen LogP) is 1.36. The molecule has 4 rings (SSSR count). The van der Waals surface area contributed by atoms with Gasteiger partial charge in [-0.25, -0.2) is 4.99 Å². The molecule has 27 heavy (non-hydrogen) atoms. The van der Waals surface area contributed by atoms with Crippen molar-refractivity contribution in [3.8, 4) is 0 Å².